The first kappa shape index (κ1) is 18.3. The fraction of sp³-hybridized carbons (Fsp3) is 0.0500. The summed E-state index contributed by atoms with van der Waals surface area (Å²) < 4.78 is 47.4. The van der Waals surface area contributed by atoms with E-state index in [1.165, 1.54) is 0 Å². The van der Waals surface area contributed by atoms with Gasteiger partial charge in [-0.3, -0.25) is 4.98 Å². The summed E-state index contributed by atoms with van der Waals surface area (Å²) in [7, 11) is 0. The lowest BCUT2D eigenvalue weighted by atomic mass is 10.0. The van der Waals surface area contributed by atoms with E-state index in [1.807, 2.05) is 0 Å². The maximum Gasteiger partial charge on any atom is 0.352 e. The zero-order valence-electron chi connectivity index (χ0n) is 14.6. The van der Waals surface area contributed by atoms with Gasteiger partial charge in [0.2, 0.25) is 0 Å². The van der Waals surface area contributed by atoms with Gasteiger partial charge in [-0.2, -0.15) is 14.6 Å². The number of aromatic amines is 1. The van der Waals surface area contributed by atoms with Crippen molar-refractivity contribution in [3.8, 4) is 40.7 Å². The molecule has 6 nitrogen and oxygen atoms in total. The highest BCUT2D eigenvalue weighted by Crippen LogP contribution is 2.35. The highest BCUT2D eigenvalue weighted by atomic mass is 19.2. The molecule has 0 unspecified atom stereocenters. The Morgan fingerprint density at radius 2 is 1.79 bits per heavy atom. The van der Waals surface area contributed by atoms with Gasteiger partial charge < -0.3 is 4.74 Å². The van der Waals surface area contributed by atoms with Crippen LogP contribution < -0.4 is 10.4 Å². The van der Waals surface area contributed by atoms with Crippen molar-refractivity contribution >= 4 is 5.65 Å². The summed E-state index contributed by atoms with van der Waals surface area (Å²) in [5.41, 5.74) is 0.132. The molecule has 1 N–H and O–H groups in total. The topological polar surface area (TPSA) is 72.3 Å². The Bertz CT molecular complexity index is 1300. The number of hydrogen-bond donors (Lipinski definition) is 1. The van der Waals surface area contributed by atoms with Gasteiger partial charge in [-0.25, -0.2) is 18.0 Å². The molecule has 144 valence electrons. The number of halogens is 3. The van der Waals surface area contributed by atoms with Gasteiger partial charge in [-0.05, 0) is 17.7 Å². The van der Waals surface area contributed by atoms with E-state index >= 15 is 0 Å². The van der Waals surface area contributed by atoms with Gasteiger partial charge >= 0.3 is 11.7 Å². The molecule has 0 saturated carbocycles. The number of terminal acetylenes is 1. The number of rotatable bonds is 4. The number of hydrogen-bond acceptors (Lipinski definition) is 4. The maximum atomic E-state index is 13.9. The number of nitrogens with one attached hydrogen (secondary N) is 1. The summed E-state index contributed by atoms with van der Waals surface area (Å²) in [4.78, 5) is 19.0. The van der Waals surface area contributed by atoms with Crippen LogP contribution >= 0.6 is 0 Å². The van der Waals surface area contributed by atoms with Crippen LogP contribution in [0.15, 0.2) is 47.3 Å². The second-order valence-corrected chi connectivity index (χ2v) is 5.92. The Hall–Kier alpha value is -4.06. The molecule has 4 aromatic rings. The van der Waals surface area contributed by atoms with Crippen molar-refractivity contribution in [2.45, 2.75) is 0 Å². The summed E-state index contributed by atoms with van der Waals surface area (Å²) in [6, 6.07) is 10.1. The van der Waals surface area contributed by atoms with E-state index in [0.717, 1.165) is 16.6 Å². The molecule has 0 amide bonds. The van der Waals surface area contributed by atoms with E-state index in [9.17, 15) is 18.0 Å². The molecule has 2 aromatic heterocycles. The molecule has 4 rings (SSSR count). The van der Waals surface area contributed by atoms with Crippen LogP contribution in [-0.2, 0) is 0 Å². The predicted molar refractivity (Wildman–Crippen MR) is 98.7 cm³/mol. The molecule has 0 saturated heterocycles. The van der Waals surface area contributed by atoms with Gasteiger partial charge in [-0.1, -0.05) is 36.3 Å². The standard InChI is InChI=1S/C20H11F3N4O2/c1-2-8-29-19-24-18-15(12-9-13(21)16(23)14(22)10-12)17(11-6-4-3-5-7-11)26-27(18)20(28)25-19/h1,3-7,9-10H,8H2,(H,24,25,28). The summed E-state index contributed by atoms with van der Waals surface area (Å²) >= 11 is 0. The highest BCUT2D eigenvalue weighted by Gasteiger charge is 2.23. The molecule has 0 aliphatic carbocycles. The van der Waals surface area contributed by atoms with E-state index in [-0.39, 0.29) is 35.1 Å². The number of H-pyrrole nitrogens is 1. The normalized spacial score (nSPS) is 10.8. The Morgan fingerprint density at radius 1 is 1.10 bits per heavy atom. The summed E-state index contributed by atoms with van der Waals surface area (Å²) in [5, 5.41) is 4.24. The molecular formula is C20H11F3N4O2. The van der Waals surface area contributed by atoms with Crippen LogP contribution in [0.1, 0.15) is 0 Å². The third-order valence-electron chi connectivity index (χ3n) is 4.09. The van der Waals surface area contributed by atoms with E-state index < -0.39 is 23.1 Å². The number of benzene rings is 2. The van der Waals surface area contributed by atoms with Crippen molar-refractivity contribution in [2.75, 3.05) is 6.61 Å². The zero-order valence-corrected chi connectivity index (χ0v) is 14.6. The van der Waals surface area contributed by atoms with Crippen LogP contribution in [0.2, 0.25) is 0 Å². The number of fused-ring (bicyclic) bond motifs is 1. The molecule has 0 bridgehead atoms. The maximum absolute atomic E-state index is 13.9. The molecule has 29 heavy (non-hydrogen) atoms. The van der Waals surface area contributed by atoms with Gasteiger partial charge in [0, 0.05) is 5.56 Å². The largest absolute Gasteiger partial charge is 0.451 e. The van der Waals surface area contributed by atoms with E-state index in [4.69, 9.17) is 11.2 Å². The first-order chi connectivity index (χ1) is 14.0. The minimum absolute atomic E-state index is 0.0370. The Kier molecular flexibility index (Phi) is 4.52. The van der Waals surface area contributed by atoms with Crippen LogP contribution in [-0.4, -0.2) is 26.2 Å². The first-order valence-electron chi connectivity index (χ1n) is 8.29. The molecule has 0 radical (unpaired) electrons. The predicted octanol–water partition coefficient (Wildman–Crippen LogP) is 3.18. The molecule has 0 spiro atoms. The summed E-state index contributed by atoms with van der Waals surface area (Å²) in [6.45, 7) is -0.159. The van der Waals surface area contributed by atoms with Crippen molar-refractivity contribution in [2.24, 2.45) is 0 Å². The van der Waals surface area contributed by atoms with Crippen LogP contribution in [0.5, 0.6) is 6.01 Å². The van der Waals surface area contributed by atoms with Gasteiger partial charge in [0.15, 0.2) is 29.7 Å². The average Bonchev–Trinajstić information content (AvgIpc) is 3.11. The molecule has 0 aliphatic heterocycles. The zero-order chi connectivity index (χ0) is 20.5. The van der Waals surface area contributed by atoms with Crippen LogP contribution in [0, 0.1) is 29.8 Å². The SMILES string of the molecule is C#CCOc1nc2c(-c3cc(F)c(F)c(F)c3)c(-c3ccccc3)nn2c(=O)[nH]1. The van der Waals surface area contributed by atoms with Crippen molar-refractivity contribution in [1.82, 2.24) is 19.6 Å². The number of nitrogens with zero attached hydrogens (tertiary/aromatic N) is 3. The number of ether oxygens (including phenoxy) is 1. The third-order valence-corrected chi connectivity index (χ3v) is 4.09. The Balaban J connectivity index is 2.07. The van der Waals surface area contributed by atoms with Gasteiger partial charge in [0.05, 0.1) is 5.56 Å². The minimum Gasteiger partial charge on any atom is -0.451 e. The molecular weight excluding hydrogens is 385 g/mol. The Labute approximate surface area is 161 Å². The molecule has 0 fully saturated rings. The molecule has 2 heterocycles. The van der Waals surface area contributed by atoms with Crippen LogP contribution in [0.25, 0.3) is 28.0 Å². The third kappa shape index (κ3) is 3.21. The van der Waals surface area contributed by atoms with E-state index in [0.29, 0.717) is 5.56 Å². The fourth-order valence-corrected chi connectivity index (χ4v) is 2.86. The lowest BCUT2D eigenvalue weighted by Crippen LogP contribution is -2.20. The second-order valence-electron chi connectivity index (χ2n) is 5.92. The summed E-state index contributed by atoms with van der Waals surface area (Å²) in [6.07, 6.45) is 5.14. The average molecular weight is 396 g/mol. The Morgan fingerprint density at radius 3 is 2.45 bits per heavy atom. The van der Waals surface area contributed by atoms with Crippen molar-refractivity contribution < 1.29 is 17.9 Å². The minimum atomic E-state index is -1.60. The fourth-order valence-electron chi connectivity index (χ4n) is 2.86. The molecule has 9 heteroatoms. The monoisotopic (exact) mass is 396 g/mol. The highest BCUT2D eigenvalue weighted by molar-refractivity contribution is 5.90. The lowest BCUT2D eigenvalue weighted by molar-refractivity contribution is 0.337. The van der Waals surface area contributed by atoms with Gasteiger partial charge in [0.25, 0.3) is 0 Å². The lowest BCUT2D eigenvalue weighted by Gasteiger charge is -2.06. The van der Waals surface area contributed by atoms with Gasteiger partial charge in [0.1, 0.15) is 5.69 Å². The molecule has 0 atom stereocenters. The van der Waals surface area contributed by atoms with Crippen molar-refractivity contribution in [3.63, 3.8) is 0 Å². The second kappa shape index (κ2) is 7.16. The smallest absolute Gasteiger partial charge is 0.352 e. The quantitative estimate of drug-likeness (QED) is 0.425. The van der Waals surface area contributed by atoms with Gasteiger partial charge in [-0.15, -0.1) is 6.42 Å². The van der Waals surface area contributed by atoms with E-state index in [2.05, 4.69) is 21.0 Å². The van der Waals surface area contributed by atoms with E-state index in [1.54, 1.807) is 30.3 Å². The molecule has 2 aromatic carbocycles. The van der Waals surface area contributed by atoms with Crippen LogP contribution in [0.3, 0.4) is 0 Å². The van der Waals surface area contributed by atoms with Crippen molar-refractivity contribution in [3.05, 3.63) is 70.4 Å². The first-order valence-corrected chi connectivity index (χ1v) is 8.29. The number of aromatic nitrogens is 4. The summed E-state index contributed by atoms with van der Waals surface area (Å²) in [5.74, 6) is -2.13. The molecule has 0 aliphatic rings. The van der Waals surface area contributed by atoms with Crippen molar-refractivity contribution in [1.29, 1.82) is 0 Å². The van der Waals surface area contributed by atoms with Crippen LogP contribution in [0.4, 0.5) is 13.2 Å².